The Morgan fingerprint density at radius 3 is 2.14 bits per heavy atom. The fourth-order valence-electron chi connectivity index (χ4n) is 4.10. The molecule has 35 heavy (non-hydrogen) atoms. The quantitative estimate of drug-likeness (QED) is 0.283. The van der Waals surface area contributed by atoms with E-state index >= 15 is 0 Å². The molecule has 0 saturated carbocycles. The molecule has 1 fully saturated rings. The van der Waals surface area contributed by atoms with E-state index in [2.05, 4.69) is 0 Å². The summed E-state index contributed by atoms with van der Waals surface area (Å²) >= 11 is 5.99. The highest BCUT2D eigenvalue weighted by Gasteiger charge is 2.46. The van der Waals surface area contributed by atoms with Gasteiger partial charge in [-0.05, 0) is 59.7 Å². The van der Waals surface area contributed by atoms with Gasteiger partial charge in [0, 0.05) is 17.1 Å². The van der Waals surface area contributed by atoms with Crippen LogP contribution in [0.3, 0.4) is 0 Å². The number of aliphatic hydroxyl groups is 1. The fourth-order valence-corrected chi connectivity index (χ4v) is 4.23. The molecular formula is C27H24ClNO6. The van der Waals surface area contributed by atoms with Crippen molar-refractivity contribution in [3.05, 3.63) is 94.0 Å². The van der Waals surface area contributed by atoms with Gasteiger partial charge >= 0.3 is 0 Å². The molecule has 3 aromatic carbocycles. The largest absolute Gasteiger partial charge is 0.507 e. The Kier molecular flexibility index (Phi) is 6.98. The van der Waals surface area contributed by atoms with Gasteiger partial charge in [-0.15, -0.1) is 0 Å². The van der Waals surface area contributed by atoms with Gasteiger partial charge < -0.3 is 24.2 Å². The van der Waals surface area contributed by atoms with Crippen molar-refractivity contribution >= 4 is 29.1 Å². The van der Waals surface area contributed by atoms with Gasteiger partial charge in [0.1, 0.15) is 11.5 Å². The van der Waals surface area contributed by atoms with Crippen molar-refractivity contribution in [1.82, 2.24) is 4.90 Å². The molecule has 3 aromatic rings. The van der Waals surface area contributed by atoms with E-state index in [0.717, 1.165) is 5.56 Å². The molecule has 7 nitrogen and oxygen atoms in total. The van der Waals surface area contributed by atoms with E-state index in [-0.39, 0.29) is 17.9 Å². The zero-order chi connectivity index (χ0) is 25.1. The summed E-state index contributed by atoms with van der Waals surface area (Å²) in [7, 11) is 4.60. The average Bonchev–Trinajstić information content (AvgIpc) is 3.13. The fraction of sp³-hybridized carbons (Fsp3) is 0.185. The van der Waals surface area contributed by atoms with Crippen molar-refractivity contribution in [3.63, 3.8) is 0 Å². The van der Waals surface area contributed by atoms with E-state index in [4.69, 9.17) is 25.8 Å². The number of aliphatic hydroxyl groups excluding tert-OH is 1. The van der Waals surface area contributed by atoms with Gasteiger partial charge in [0.15, 0.2) is 11.5 Å². The predicted octanol–water partition coefficient (Wildman–Crippen LogP) is 4.99. The van der Waals surface area contributed by atoms with E-state index < -0.39 is 17.7 Å². The molecule has 0 spiro atoms. The number of benzene rings is 3. The third-order valence-electron chi connectivity index (χ3n) is 5.89. The molecule has 1 heterocycles. The molecule has 8 heteroatoms. The summed E-state index contributed by atoms with van der Waals surface area (Å²) in [5, 5.41) is 11.7. The summed E-state index contributed by atoms with van der Waals surface area (Å²) in [6, 6.07) is 17.9. The van der Waals surface area contributed by atoms with Crippen molar-refractivity contribution < 1.29 is 28.9 Å². The summed E-state index contributed by atoms with van der Waals surface area (Å²) in [5.41, 5.74) is 1.75. The number of likely N-dealkylation sites (tertiary alicyclic amines) is 1. The van der Waals surface area contributed by atoms with E-state index in [1.165, 1.54) is 19.1 Å². The van der Waals surface area contributed by atoms with Gasteiger partial charge in [0.05, 0.1) is 32.9 Å². The Bertz CT molecular complexity index is 1280. The van der Waals surface area contributed by atoms with Crippen LogP contribution in [0.25, 0.3) is 5.76 Å². The molecular weight excluding hydrogens is 470 g/mol. The molecule has 0 aromatic heterocycles. The number of nitrogens with zero attached hydrogens (tertiary/aromatic N) is 1. The van der Waals surface area contributed by atoms with Crippen molar-refractivity contribution in [1.29, 1.82) is 0 Å². The minimum absolute atomic E-state index is 0.0157. The lowest BCUT2D eigenvalue weighted by Crippen LogP contribution is -2.29. The lowest BCUT2D eigenvalue weighted by molar-refractivity contribution is -0.140. The molecule has 1 atom stereocenters. The minimum atomic E-state index is -0.854. The lowest BCUT2D eigenvalue weighted by Gasteiger charge is -2.26. The number of ketones is 1. The summed E-state index contributed by atoms with van der Waals surface area (Å²) in [5.74, 6) is -0.151. The van der Waals surface area contributed by atoms with Crippen molar-refractivity contribution in [2.24, 2.45) is 0 Å². The maximum absolute atomic E-state index is 13.2. The summed E-state index contributed by atoms with van der Waals surface area (Å²) in [6.07, 6.45) is 0. The molecule has 0 radical (unpaired) electrons. The second kappa shape index (κ2) is 10.1. The first kappa shape index (κ1) is 24.2. The predicted molar refractivity (Wildman–Crippen MR) is 132 cm³/mol. The number of amides is 1. The monoisotopic (exact) mass is 493 g/mol. The lowest BCUT2D eigenvalue weighted by atomic mass is 9.95. The van der Waals surface area contributed by atoms with E-state index in [0.29, 0.717) is 33.4 Å². The van der Waals surface area contributed by atoms with Crippen LogP contribution in [-0.4, -0.2) is 43.0 Å². The van der Waals surface area contributed by atoms with Crippen LogP contribution in [-0.2, 0) is 16.1 Å². The molecule has 1 saturated heterocycles. The minimum Gasteiger partial charge on any atom is -0.507 e. The Morgan fingerprint density at radius 1 is 0.886 bits per heavy atom. The number of carbonyl (C=O) groups is 2. The first-order chi connectivity index (χ1) is 16.9. The van der Waals surface area contributed by atoms with Gasteiger partial charge in [-0.25, -0.2) is 0 Å². The zero-order valence-corrected chi connectivity index (χ0v) is 20.2. The Hall–Kier alpha value is -3.97. The van der Waals surface area contributed by atoms with Gasteiger partial charge in [-0.2, -0.15) is 0 Å². The highest BCUT2D eigenvalue weighted by atomic mass is 35.5. The molecule has 1 aliphatic heterocycles. The number of hydrogen-bond donors (Lipinski definition) is 1. The maximum atomic E-state index is 13.2. The highest BCUT2D eigenvalue weighted by Crippen LogP contribution is 2.42. The number of hydrogen-bond acceptors (Lipinski definition) is 6. The number of Topliss-reactive ketones (excluding diaryl/α,β-unsaturated/α-hetero) is 1. The van der Waals surface area contributed by atoms with Crippen LogP contribution in [0, 0.1) is 0 Å². The molecule has 1 unspecified atom stereocenters. The van der Waals surface area contributed by atoms with Crippen LogP contribution >= 0.6 is 11.6 Å². The van der Waals surface area contributed by atoms with E-state index in [1.54, 1.807) is 61.7 Å². The number of rotatable bonds is 7. The molecule has 1 aliphatic rings. The van der Waals surface area contributed by atoms with Crippen LogP contribution < -0.4 is 14.2 Å². The third-order valence-corrected chi connectivity index (χ3v) is 6.14. The van der Waals surface area contributed by atoms with Crippen LogP contribution in [0.15, 0.2) is 72.3 Å². The second-order valence-electron chi connectivity index (χ2n) is 7.90. The second-order valence-corrected chi connectivity index (χ2v) is 8.33. The van der Waals surface area contributed by atoms with Crippen molar-refractivity contribution in [2.45, 2.75) is 12.6 Å². The Labute approximate surface area is 208 Å². The Morgan fingerprint density at radius 2 is 1.54 bits per heavy atom. The zero-order valence-electron chi connectivity index (χ0n) is 19.4. The van der Waals surface area contributed by atoms with Crippen LogP contribution in [0.5, 0.6) is 17.2 Å². The first-order valence-corrected chi connectivity index (χ1v) is 11.1. The molecule has 180 valence electrons. The van der Waals surface area contributed by atoms with E-state index in [1.807, 2.05) is 12.1 Å². The average molecular weight is 494 g/mol. The molecule has 0 bridgehead atoms. The van der Waals surface area contributed by atoms with Gasteiger partial charge in [0.25, 0.3) is 11.7 Å². The summed E-state index contributed by atoms with van der Waals surface area (Å²) in [6.45, 7) is 0.144. The van der Waals surface area contributed by atoms with E-state index in [9.17, 15) is 14.7 Å². The Balaban J connectivity index is 1.86. The smallest absolute Gasteiger partial charge is 0.295 e. The normalized spacial score (nSPS) is 16.9. The van der Waals surface area contributed by atoms with Crippen LogP contribution in [0.1, 0.15) is 22.7 Å². The molecule has 0 aliphatic carbocycles. The number of halogens is 1. The standard InChI is InChI=1S/C27H24ClNO6/c1-33-20-11-4-16(5-12-20)15-29-24(18-8-13-21(34-2)22(14-18)35-3)23(26(31)27(29)32)25(30)17-6-9-19(28)10-7-17/h4-14,24,30H,15H2,1-3H3/b25-23-. The summed E-state index contributed by atoms with van der Waals surface area (Å²) in [4.78, 5) is 27.9. The van der Waals surface area contributed by atoms with Crippen molar-refractivity contribution in [2.75, 3.05) is 21.3 Å². The van der Waals surface area contributed by atoms with Gasteiger partial charge in [-0.1, -0.05) is 29.8 Å². The SMILES string of the molecule is COc1ccc(CN2C(=O)C(=O)/C(=C(\O)c3ccc(Cl)cc3)C2c2ccc(OC)c(OC)c2)cc1. The third kappa shape index (κ3) is 4.68. The topological polar surface area (TPSA) is 85.3 Å². The number of methoxy groups -OCH3 is 3. The molecule has 1 N–H and O–H groups in total. The van der Waals surface area contributed by atoms with Crippen LogP contribution in [0.4, 0.5) is 0 Å². The number of carbonyl (C=O) groups excluding carboxylic acids is 2. The van der Waals surface area contributed by atoms with Crippen molar-refractivity contribution in [3.8, 4) is 17.2 Å². The molecule has 1 amide bonds. The van der Waals surface area contributed by atoms with Crippen LogP contribution in [0.2, 0.25) is 5.02 Å². The maximum Gasteiger partial charge on any atom is 0.295 e. The first-order valence-electron chi connectivity index (χ1n) is 10.8. The highest BCUT2D eigenvalue weighted by molar-refractivity contribution is 6.46. The molecule has 4 rings (SSSR count). The van der Waals surface area contributed by atoms with Gasteiger partial charge in [0.2, 0.25) is 0 Å². The summed E-state index contributed by atoms with van der Waals surface area (Å²) < 4.78 is 16.0. The number of ether oxygens (including phenoxy) is 3. The van der Waals surface area contributed by atoms with Gasteiger partial charge in [-0.3, -0.25) is 9.59 Å².